The summed E-state index contributed by atoms with van der Waals surface area (Å²) < 4.78 is 43.0. The average molecular weight is 291 g/mol. The molecule has 1 aromatic carbocycles. The standard InChI is InChI=1S/C13H19F2NO2S/c1-3-6-16-10(8-18-2)9-19(17)11-4-5-12(14)13(15)7-11/h4-5,7,10,16H,3,6,8-9H2,1-2H3. The first-order valence-corrected chi connectivity index (χ1v) is 7.46. The minimum atomic E-state index is -1.39. The van der Waals surface area contributed by atoms with Gasteiger partial charge in [-0.2, -0.15) is 0 Å². The van der Waals surface area contributed by atoms with Crippen molar-refractivity contribution in [1.82, 2.24) is 5.32 Å². The van der Waals surface area contributed by atoms with Crippen LogP contribution in [0.1, 0.15) is 13.3 Å². The Morgan fingerprint density at radius 3 is 2.68 bits per heavy atom. The van der Waals surface area contributed by atoms with Gasteiger partial charge in [-0.15, -0.1) is 0 Å². The summed E-state index contributed by atoms with van der Waals surface area (Å²) in [6.07, 6.45) is 0.956. The van der Waals surface area contributed by atoms with E-state index >= 15 is 0 Å². The second-order valence-corrected chi connectivity index (χ2v) is 5.69. The summed E-state index contributed by atoms with van der Waals surface area (Å²) in [6.45, 7) is 3.25. The van der Waals surface area contributed by atoms with E-state index in [2.05, 4.69) is 5.32 Å². The van der Waals surface area contributed by atoms with Gasteiger partial charge in [0.2, 0.25) is 0 Å². The van der Waals surface area contributed by atoms with Crippen LogP contribution in [0.15, 0.2) is 23.1 Å². The lowest BCUT2D eigenvalue weighted by atomic mass is 10.3. The van der Waals surface area contributed by atoms with Crippen LogP contribution in [0.3, 0.4) is 0 Å². The third-order valence-corrected chi connectivity index (χ3v) is 4.04. The van der Waals surface area contributed by atoms with Gasteiger partial charge < -0.3 is 10.1 Å². The molecule has 0 aliphatic carbocycles. The number of rotatable bonds is 8. The molecule has 2 atom stereocenters. The average Bonchev–Trinajstić information content (AvgIpc) is 2.39. The highest BCUT2D eigenvalue weighted by atomic mass is 32.2. The van der Waals surface area contributed by atoms with E-state index in [-0.39, 0.29) is 6.04 Å². The molecule has 6 heteroatoms. The first-order chi connectivity index (χ1) is 9.08. The van der Waals surface area contributed by atoms with Gasteiger partial charge in [0.15, 0.2) is 11.6 Å². The monoisotopic (exact) mass is 291 g/mol. The zero-order chi connectivity index (χ0) is 14.3. The summed E-state index contributed by atoms with van der Waals surface area (Å²) in [5.41, 5.74) is 0. The molecular weight excluding hydrogens is 272 g/mol. The molecule has 0 aliphatic heterocycles. The van der Waals surface area contributed by atoms with Crippen molar-refractivity contribution < 1.29 is 17.7 Å². The lowest BCUT2D eigenvalue weighted by Gasteiger charge is -2.17. The van der Waals surface area contributed by atoms with Gasteiger partial charge in [-0.05, 0) is 31.2 Å². The highest BCUT2D eigenvalue weighted by molar-refractivity contribution is 7.85. The van der Waals surface area contributed by atoms with E-state index in [1.807, 2.05) is 6.92 Å². The smallest absolute Gasteiger partial charge is 0.160 e. The maximum Gasteiger partial charge on any atom is 0.160 e. The largest absolute Gasteiger partial charge is 0.383 e. The van der Waals surface area contributed by atoms with Gasteiger partial charge in [0.05, 0.1) is 17.4 Å². The Bertz CT molecular complexity index is 429. The van der Waals surface area contributed by atoms with Crippen LogP contribution in [0.2, 0.25) is 0 Å². The van der Waals surface area contributed by atoms with Crippen LogP contribution in [-0.4, -0.2) is 36.3 Å². The predicted octanol–water partition coefficient (Wildman–Crippen LogP) is 2.09. The first kappa shape index (κ1) is 16.2. The fraction of sp³-hybridized carbons (Fsp3) is 0.538. The van der Waals surface area contributed by atoms with Crippen molar-refractivity contribution in [3.63, 3.8) is 0 Å². The molecule has 0 aromatic heterocycles. The molecular formula is C13H19F2NO2S. The fourth-order valence-corrected chi connectivity index (χ4v) is 2.84. The van der Waals surface area contributed by atoms with Crippen LogP contribution in [-0.2, 0) is 15.5 Å². The molecule has 3 nitrogen and oxygen atoms in total. The predicted molar refractivity (Wildman–Crippen MR) is 71.6 cm³/mol. The molecule has 0 bridgehead atoms. The molecule has 1 rings (SSSR count). The van der Waals surface area contributed by atoms with Crippen molar-refractivity contribution in [2.75, 3.05) is 26.0 Å². The van der Waals surface area contributed by atoms with E-state index in [4.69, 9.17) is 4.74 Å². The van der Waals surface area contributed by atoms with Crippen LogP contribution in [0.25, 0.3) is 0 Å². The Morgan fingerprint density at radius 1 is 1.37 bits per heavy atom. The molecule has 0 saturated heterocycles. The summed E-state index contributed by atoms with van der Waals surface area (Å²) in [4.78, 5) is 0.290. The molecule has 1 aromatic rings. The van der Waals surface area contributed by atoms with Gasteiger partial charge in [-0.3, -0.25) is 4.21 Å². The van der Waals surface area contributed by atoms with Crippen LogP contribution >= 0.6 is 0 Å². The van der Waals surface area contributed by atoms with Gasteiger partial charge >= 0.3 is 0 Å². The summed E-state index contributed by atoms with van der Waals surface area (Å²) >= 11 is 0. The number of nitrogens with one attached hydrogen (secondary N) is 1. The van der Waals surface area contributed by atoms with Crippen molar-refractivity contribution >= 4 is 10.8 Å². The number of benzene rings is 1. The minimum absolute atomic E-state index is 0.0705. The van der Waals surface area contributed by atoms with E-state index < -0.39 is 22.4 Å². The molecule has 0 spiro atoms. The summed E-state index contributed by atoms with van der Waals surface area (Å²) in [6, 6.07) is 3.25. The van der Waals surface area contributed by atoms with Crippen molar-refractivity contribution in [3.8, 4) is 0 Å². The second-order valence-electron chi connectivity index (χ2n) is 4.19. The van der Waals surface area contributed by atoms with Gasteiger partial charge in [-0.25, -0.2) is 8.78 Å². The van der Waals surface area contributed by atoms with Crippen molar-refractivity contribution in [3.05, 3.63) is 29.8 Å². The number of ether oxygens (including phenoxy) is 1. The Labute approximate surface area is 114 Å². The molecule has 1 N–H and O–H groups in total. The highest BCUT2D eigenvalue weighted by Crippen LogP contribution is 2.13. The lowest BCUT2D eigenvalue weighted by Crippen LogP contribution is -2.38. The van der Waals surface area contributed by atoms with Gasteiger partial charge in [0.1, 0.15) is 0 Å². The summed E-state index contributed by atoms with van der Waals surface area (Å²) in [7, 11) is 0.184. The van der Waals surface area contributed by atoms with Gasteiger partial charge in [-0.1, -0.05) is 6.92 Å². The second kappa shape index (κ2) is 8.35. The number of hydrogen-bond acceptors (Lipinski definition) is 3. The molecule has 0 aliphatic rings. The molecule has 2 unspecified atom stereocenters. The molecule has 108 valence electrons. The minimum Gasteiger partial charge on any atom is -0.383 e. The zero-order valence-electron chi connectivity index (χ0n) is 11.1. The fourth-order valence-electron chi connectivity index (χ4n) is 1.61. The number of methoxy groups -OCH3 is 1. The Morgan fingerprint density at radius 2 is 2.11 bits per heavy atom. The Balaban J connectivity index is 2.66. The third-order valence-electron chi connectivity index (χ3n) is 2.56. The van der Waals surface area contributed by atoms with Crippen LogP contribution in [0.5, 0.6) is 0 Å². The third kappa shape index (κ3) is 5.34. The molecule has 0 amide bonds. The maximum atomic E-state index is 13.1. The van der Waals surface area contributed by atoms with Crippen molar-refractivity contribution in [2.24, 2.45) is 0 Å². The number of halogens is 2. The lowest BCUT2D eigenvalue weighted by molar-refractivity contribution is 0.173. The van der Waals surface area contributed by atoms with E-state index in [0.29, 0.717) is 17.3 Å². The van der Waals surface area contributed by atoms with Crippen LogP contribution in [0, 0.1) is 11.6 Å². The van der Waals surface area contributed by atoms with E-state index in [9.17, 15) is 13.0 Å². The molecule has 0 fully saturated rings. The Kier molecular flexibility index (Phi) is 7.12. The summed E-state index contributed by atoms with van der Waals surface area (Å²) in [5.74, 6) is -1.60. The zero-order valence-corrected chi connectivity index (χ0v) is 11.9. The first-order valence-electron chi connectivity index (χ1n) is 6.14. The van der Waals surface area contributed by atoms with Crippen LogP contribution in [0.4, 0.5) is 8.78 Å². The highest BCUT2D eigenvalue weighted by Gasteiger charge is 2.15. The maximum absolute atomic E-state index is 13.1. The molecule has 0 saturated carbocycles. The van der Waals surface area contributed by atoms with Crippen LogP contribution < -0.4 is 5.32 Å². The van der Waals surface area contributed by atoms with Crippen molar-refractivity contribution in [1.29, 1.82) is 0 Å². The van der Waals surface area contributed by atoms with Gasteiger partial charge in [0.25, 0.3) is 0 Å². The van der Waals surface area contributed by atoms with E-state index in [1.54, 1.807) is 7.11 Å². The Hall–Kier alpha value is -0.850. The molecule has 0 radical (unpaired) electrons. The quantitative estimate of drug-likeness (QED) is 0.797. The number of hydrogen-bond donors (Lipinski definition) is 1. The summed E-state index contributed by atoms with van der Waals surface area (Å²) in [5, 5.41) is 3.21. The van der Waals surface area contributed by atoms with E-state index in [1.165, 1.54) is 6.07 Å². The SMILES string of the molecule is CCCNC(COC)CS(=O)c1ccc(F)c(F)c1. The van der Waals surface area contributed by atoms with Gasteiger partial charge in [0, 0.05) is 23.8 Å². The topological polar surface area (TPSA) is 38.3 Å². The van der Waals surface area contributed by atoms with Crippen molar-refractivity contribution in [2.45, 2.75) is 24.3 Å². The molecule has 19 heavy (non-hydrogen) atoms. The van der Waals surface area contributed by atoms with E-state index in [0.717, 1.165) is 25.1 Å². The normalized spacial score (nSPS) is 14.3. The molecule has 0 heterocycles.